The van der Waals surface area contributed by atoms with E-state index < -0.39 is 10.0 Å². The second kappa shape index (κ2) is 6.58. The fourth-order valence-corrected chi connectivity index (χ4v) is 5.32. The summed E-state index contributed by atoms with van der Waals surface area (Å²) in [5.41, 5.74) is 0. The highest BCUT2D eigenvalue weighted by molar-refractivity contribution is 7.91. The molecule has 0 saturated heterocycles. The van der Waals surface area contributed by atoms with Crippen LogP contribution in [0.1, 0.15) is 20.3 Å². The Morgan fingerprint density at radius 3 is 2.65 bits per heavy atom. The highest BCUT2D eigenvalue weighted by Crippen LogP contribution is 2.26. The van der Waals surface area contributed by atoms with E-state index in [2.05, 4.69) is 4.72 Å². The molecule has 3 aromatic heterocycles. The topological polar surface area (TPSA) is 76.4 Å². The maximum Gasteiger partial charge on any atom is 0.250 e. The Bertz CT molecular complexity index is 925. The van der Waals surface area contributed by atoms with Crippen LogP contribution in [0.2, 0.25) is 4.34 Å². The molecule has 0 aliphatic carbocycles. The lowest BCUT2D eigenvalue weighted by molar-refractivity contribution is 0.101. The molecule has 5 nitrogen and oxygen atoms in total. The lowest BCUT2D eigenvalue weighted by Crippen LogP contribution is -2.21. The molecule has 0 atom stereocenters. The molecular formula is C14H10ClNO4S3. The molecule has 0 aromatic carbocycles. The van der Waals surface area contributed by atoms with Gasteiger partial charge in [0.05, 0.1) is 15.5 Å². The van der Waals surface area contributed by atoms with E-state index in [4.69, 9.17) is 16.0 Å². The molecule has 3 rings (SSSR count). The molecule has 0 saturated carbocycles. The van der Waals surface area contributed by atoms with Crippen LogP contribution in [0.5, 0.6) is 0 Å². The number of thiophene rings is 2. The van der Waals surface area contributed by atoms with Crippen molar-refractivity contribution >= 4 is 50.1 Å². The summed E-state index contributed by atoms with van der Waals surface area (Å²) in [5.74, 6) is 0.0337. The third kappa shape index (κ3) is 3.73. The summed E-state index contributed by atoms with van der Waals surface area (Å²) in [5, 5.41) is 0. The first-order chi connectivity index (χ1) is 11.0. The third-order valence-electron chi connectivity index (χ3n) is 2.88. The number of hydrogen-bond acceptors (Lipinski definition) is 6. The van der Waals surface area contributed by atoms with Gasteiger partial charge in [-0.1, -0.05) is 11.6 Å². The minimum Gasteiger partial charge on any atom is -0.461 e. The number of nitrogens with one attached hydrogen (secondary N) is 1. The van der Waals surface area contributed by atoms with E-state index in [1.807, 2.05) is 0 Å². The smallest absolute Gasteiger partial charge is 0.250 e. The van der Waals surface area contributed by atoms with Crippen LogP contribution in [-0.2, 0) is 16.6 Å². The lowest BCUT2D eigenvalue weighted by atomic mass is 10.2. The maximum atomic E-state index is 12.1. The van der Waals surface area contributed by atoms with Crippen LogP contribution in [-0.4, -0.2) is 14.2 Å². The predicted octanol–water partition coefficient (Wildman–Crippen LogP) is 3.77. The van der Waals surface area contributed by atoms with Crippen molar-refractivity contribution in [2.45, 2.75) is 10.8 Å². The van der Waals surface area contributed by atoms with Gasteiger partial charge in [-0.3, -0.25) is 4.79 Å². The first kappa shape index (κ1) is 16.4. The maximum absolute atomic E-state index is 12.1. The molecule has 0 radical (unpaired) electrons. The van der Waals surface area contributed by atoms with Gasteiger partial charge in [-0.15, -0.1) is 22.7 Å². The molecule has 0 unspecified atom stereocenters. The molecule has 3 aromatic rings. The molecule has 0 amide bonds. The van der Waals surface area contributed by atoms with Crippen molar-refractivity contribution in [1.82, 2.24) is 4.72 Å². The second-order valence-corrected chi connectivity index (χ2v) is 9.33. The summed E-state index contributed by atoms with van der Waals surface area (Å²) in [6.07, 6.45) is 1.43. The highest BCUT2D eigenvalue weighted by atomic mass is 35.5. The Morgan fingerprint density at radius 2 is 2.00 bits per heavy atom. The zero-order chi connectivity index (χ0) is 16.4. The van der Waals surface area contributed by atoms with E-state index in [0.29, 0.717) is 9.21 Å². The van der Waals surface area contributed by atoms with Crippen LogP contribution in [0.15, 0.2) is 51.3 Å². The van der Waals surface area contributed by atoms with Crippen LogP contribution < -0.4 is 4.72 Å². The molecule has 0 aliphatic rings. The standard InChI is InChI=1S/C14H10ClNO4S3/c15-12-5-6-13(22-12)23(18,19)16-8-9-3-4-11(21-9)14(17)10-2-1-7-20-10/h1-7,16H,8H2. The predicted molar refractivity (Wildman–Crippen MR) is 89.8 cm³/mol. The summed E-state index contributed by atoms with van der Waals surface area (Å²) in [6.45, 7) is 0.105. The van der Waals surface area contributed by atoms with Gasteiger partial charge in [0.1, 0.15) is 4.21 Å². The van der Waals surface area contributed by atoms with E-state index in [0.717, 1.165) is 16.2 Å². The van der Waals surface area contributed by atoms with Gasteiger partial charge in [-0.25, -0.2) is 13.1 Å². The van der Waals surface area contributed by atoms with Gasteiger partial charge < -0.3 is 4.42 Å². The monoisotopic (exact) mass is 387 g/mol. The Morgan fingerprint density at radius 1 is 1.17 bits per heavy atom. The number of hydrogen-bond donors (Lipinski definition) is 1. The summed E-state index contributed by atoms with van der Waals surface area (Å²) < 4.78 is 32.3. The van der Waals surface area contributed by atoms with E-state index in [1.54, 1.807) is 24.3 Å². The number of ketones is 1. The van der Waals surface area contributed by atoms with Crippen LogP contribution in [0.3, 0.4) is 0 Å². The molecule has 0 bridgehead atoms. The van der Waals surface area contributed by atoms with E-state index in [-0.39, 0.29) is 22.3 Å². The minimum absolute atomic E-state index is 0.105. The van der Waals surface area contributed by atoms with Gasteiger partial charge in [0.15, 0.2) is 5.76 Å². The zero-order valence-electron chi connectivity index (χ0n) is 11.5. The minimum atomic E-state index is -3.60. The van der Waals surface area contributed by atoms with Crippen molar-refractivity contribution in [3.05, 3.63) is 62.5 Å². The van der Waals surface area contributed by atoms with Crippen molar-refractivity contribution in [2.75, 3.05) is 0 Å². The summed E-state index contributed by atoms with van der Waals surface area (Å²) in [4.78, 5) is 13.3. The Hall–Kier alpha value is -1.45. The summed E-state index contributed by atoms with van der Waals surface area (Å²) in [6, 6.07) is 9.58. The average Bonchev–Trinajstić information content (AvgIpc) is 3.25. The molecule has 0 aliphatic heterocycles. The lowest BCUT2D eigenvalue weighted by Gasteiger charge is -2.02. The van der Waals surface area contributed by atoms with Crippen LogP contribution in [0.4, 0.5) is 0 Å². The van der Waals surface area contributed by atoms with Crippen molar-refractivity contribution in [2.24, 2.45) is 0 Å². The van der Waals surface area contributed by atoms with Crippen LogP contribution in [0.25, 0.3) is 0 Å². The average molecular weight is 388 g/mol. The fourth-order valence-electron chi connectivity index (χ4n) is 1.80. The molecule has 1 N–H and O–H groups in total. The molecular weight excluding hydrogens is 378 g/mol. The summed E-state index contributed by atoms with van der Waals surface area (Å²) in [7, 11) is -3.60. The van der Waals surface area contributed by atoms with Gasteiger partial charge in [0.25, 0.3) is 0 Å². The Kier molecular flexibility index (Phi) is 4.69. The summed E-state index contributed by atoms with van der Waals surface area (Å²) >= 11 is 7.96. The number of halogens is 1. The van der Waals surface area contributed by atoms with Crippen LogP contribution >= 0.6 is 34.3 Å². The van der Waals surface area contributed by atoms with E-state index >= 15 is 0 Å². The second-order valence-electron chi connectivity index (χ2n) is 4.46. The van der Waals surface area contributed by atoms with Crippen LogP contribution in [0, 0.1) is 0 Å². The van der Waals surface area contributed by atoms with Crippen molar-refractivity contribution in [3.63, 3.8) is 0 Å². The number of rotatable bonds is 6. The van der Waals surface area contributed by atoms with Gasteiger partial charge in [-0.2, -0.15) is 0 Å². The van der Waals surface area contributed by atoms with E-state index in [1.165, 1.54) is 29.7 Å². The molecule has 23 heavy (non-hydrogen) atoms. The van der Waals surface area contributed by atoms with Gasteiger partial charge >= 0.3 is 0 Å². The van der Waals surface area contributed by atoms with E-state index in [9.17, 15) is 13.2 Å². The molecule has 9 heteroatoms. The zero-order valence-corrected chi connectivity index (χ0v) is 14.7. The molecule has 3 heterocycles. The number of furan rings is 1. The third-order valence-corrected chi connectivity index (χ3v) is 7.09. The number of sulfonamides is 1. The Balaban J connectivity index is 1.69. The van der Waals surface area contributed by atoms with Crippen molar-refractivity contribution < 1.29 is 17.6 Å². The number of carbonyl (C=O) groups is 1. The quantitative estimate of drug-likeness (QED) is 0.653. The van der Waals surface area contributed by atoms with Crippen molar-refractivity contribution in [1.29, 1.82) is 0 Å². The molecule has 0 spiro atoms. The number of carbonyl (C=O) groups excluding carboxylic acids is 1. The van der Waals surface area contributed by atoms with Gasteiger partial charge in [-0.05, 0) is 36.4 Å². The van der Waals surface area contributed by atoms with Gasteiger partial charge in [0.2, 0.25) is 15.8 Å². The van der Waals surface area contributed by atoms with Gasteiger partial charge in [0, 0.05) is 11.4 Å². The molecule has 0 fully saturated rings. The Labute approximate surface area is 145 Å². The first-order valence-electron chi connectivity index (χ1n) is 6.37. The normalized spacial score (nSPS) is 11.7. The molecule has 120 valence electrons. The highest BCUT2D eigenvalue weighted by Gasteiger charge is 2.18. The fraction of sp³-hybridized carbons (Fsp3) is 0.0714. The van der Waals surface area contributed by atoms with Crippen molar-refractivity contribution in [3.8, 4) is 0 Å². The largest absolute Gasteiger partial charge is 0.461 e. The SMILES string of the molecule is O=C(c1ccco1)c1ccc(CNS(=O)(=O)c2ccc(Cl)s2)s1. The first-order valence-corrected chi connectivity index (χ1v) is 9.87.